The molecule has 0 aliphatic heterocycles. The molecule has 92 valence electrons. The largest absolute Gasteiger partial charge is 0.474 e. The highest BCUT2D eigenvalue weighted by Gasteiger charge is 2.25. The Hall–Kier alpha value is -1.68. The van der Waals surface area contributed by atoms with E-state index >= 15 is 0 Å². The van der Waals surface area contributed by atoms with Gasteiger partial charge in [0.1, 0.15) is 11.3 Å². The summed E-state index contributed by atoms with van der Waals surface area (Å²) in [7, 11) is 0. The molecule has 5 heteroatoms. The summed E-state index contributed by atoms with van der Waals surface area (Å²) in [5.74, 6) is 0.481. The molecule has 0 bridgehead atoms. The van der Waals surface area contributed by atoms with Crippen LogP contribution in [0.2, 0.25) is 5.15 Å². The minimum Gasteiger partial charge on any atom is -0.474 e. The lowest BCUT2D eigenvalue weighted by Crippen LogP contribution is -2.02. The monoisotopic (exact) mass is 262 g/mol. The standard InChI is InChI=1S/C13H11ClN2O2/c1-7(17)10-5-16-13(18-8-2-3-8)11-6-15-12(14)4-9(10)11/h4-6,8H,2-3H2,1H3. The van der Waals surface area contributed by atoms with Crippen LogP contribution in [0.3, 0.4) is 0 Å². The summed E-state index contributed by atoms with van der Waals surface area (Å²) in [5, 5.41) is 1.83. The molecule has 0 amide bonds. The Bertz CT molecular complexity index is 638. The van der Waals surface area contributed by atoms with E-state index in [9.17, 15) is 4.79 Å². The first kappa shape index (κ1) is 11.4. The first-order valence-electron chi connectivity index (χ1n) is 5.77. The van der Waals surface area contributed by atoms with Crippen LogP contribution in [0.5, 0.6) is 5.88 Å². The average Bonchev–Trinajstić information content (AvgIpc) is 3.12. The third kappa shape index (κ3) is 2.04. The van der Waals surface area contributed by atoms with Gasteiger partial charge in [-0.15, -0.1) is 0 Å². The molecule has 2 aromatic heterocycles. The molecule has 0 atom stereocenters. The van der Waals surface area contributed by atoms with E-state index in [1.54, 1.807) is 18.5 Å². The molecule has 18 heavy (non-hydrogen) atoms. The van der Waals surface area contributed by atoms with Crippen LogP contribution in [0.25, 0.3) is 10.8 Å². The summed E-state index contributed by atoms with van der Waals surface area (Å²) in [6.07, 6.45) is 5.50. The van der Waals surface area contributed by atoms with Crippen LogP contribution in [0, 0.1) is 0 Å². The van der Waals surface area contributed by atoms with E-state index in [0.717, 1.165) is 23.6 Å². The van der Waals surface area contributed by atoms with E-state index in [-0.39, 0.29) is 11.9 Å². The van der Waals surface area contributed by atoms with Crippen molar-refractivity contribution in [2.24, 2.45) is 0 Å². The third-order valence-electron chi connectivity index (χ3n) is 2.88. The van der Waals surface area contributed by atoms with Gasteiger partial charge in [0.15, 0.2) is 5.78 Å². The summed E-state index contributed by atoms with van der Waals surface area (Å²) in [5.41, 5.74) is 0.539. The fourth-order valence-corrected chi connectivity index (χ4v) is 1.96. The van der Waals surface area contributed by atoms with E-state index in [1.807, 2.05) is 0 Å². The van der Waals surface area contributed by atoms with Crippen molar-refractivity contribution >= 4 is 28.2 Å². The van der Waals surface area contributed by atoms with Crippen LogP contribution in [0.15, 0.2) is 18.5 Å². The van der Waals surface area contributed by atoms with E-state index in [1.165, 1.54) is 6.92 Å². The molecule has 2 heterocycles. The minimum absolute atomic E-state index is 0.0484. The van der Waals surface area contributed by atoms with Gasteiger partial charge in [0.25, 0.3) is 0 Å². The molecule has 0 unspecified atom stereocenters. The summed E-state index contributed by atoms with van der Waals surface area (Å²) < 4.78 is 5.71. The highest BCUT2D eigenvalue weighted by Crippen LogP contribution is 2.32. The van der Waals surface area contributed by atoms with Crippen LogP contribution < -0.4 is 4.74 Å². The lowest BCUT2D eigenvalue weighted by Gasteiger charge is -2.09. The van der Waals surface area contributed by atoms with Crippen LogP contribution in [-0.4, -0.2) is 21.9 Å². The topological polar surface area (TPSA) is 52.1 Å². The molecular formula is C13H11ClN2O2. The Morgan fingerprint density at radius 1 is 1.33 bits per heavy atom. The van der Waals surface area contributed by atoms with Crippen molar-refractivity contribution in [2.75, 3.05) is 0 Å². The van der Waals surface area contributed by atoms with Crippen molar-refractivity contribution in [2.45, 2.75) is 25.9 Å². The van der Waals surface area contributed by atoms with Gasteiger partial charge in [-0.3, -0.25) is 4.79 Å². The smallest absolute Gasteiger partial charge is 0.223 e. The number of aromatic nitrogens is 2. The zero-order valence-electron chi connectivity index (χ0n) is 9.81. The SMILES string of the molecule is CC(=O)c1cnc(OC2CC2)c2cnc(Cl)cc12. The summed E-state index contributed by atoms with van der Waals surface area (Å²) in [6, 6.07) is 1.68. The molecule has 4 nitrogen and oxygen atoms in total. The molecule has 0 aromatic carbocycles. The molecule has 0 spiro atoms. The molecule has 3 rings (SSSR count). The highest BCUT2D eigenvalue weighted by molar-refractivity contribution is 6.30. The fraction of sp³-hybridized carbons (Fsp3) is 0.308. The average molecular weight is 263 g/mol. The molecule has 1 saturated carbocycles. The summed E-state index contributed by atoms with van der Waals surface area (Å²) in [4.78, 5) is 19.8. The Labute approximate surface area is 109 Å². The van der Waals surface area contributed by atoms with E-state index in [4.69, 9.17) is 16.3 Å². The summed E-state index contributed by atoms with van der Waals surface area (Å²) in [6.45, 7) is 1.51. The fourth-order valence-electron chi connectivity index (χ4n) is 1.80. The number of hydrogen-bond acceptors (Lipinski definition) is 4. The first-order valence-corrected chi connectivity index (χ1v) is 6.15. The highest BCUT2D eigenvalue weighted by atomic mass is 35.5. The second-order valence-corrected chi connectivity index (χ2v) is 4.79. The first-order chi connectivity index (χ1) is 8.65. The Kier molecular flexibility index (Phi) is 2.67. The maximum atomic E-state index is 11.6. The predicted molar refractivity (Wildman–Crippen MR) is 68.2 cm³/mol. The van der Waals surface area contributed by atoms with Gasteiger partial charge in [0.2, 0.25) is 5.88 Å². The van der Waals surface area contributed by atoms with Gasteiger partial charge < -0.3 is 4.74 Å². The minimum atomic E-state index is -0.0484. The van der Waals surface area contributed by atoms with Gasteiger partial charge in [0, 0.05) is 23.3 Å². The van der Waals surface area contributed by atoms with E-state index < -0.39 is 0 Å². The molecule has 0 N–H and O–H groups in total. The van der Waals surface area contributed by atoms with Crippen molar-refractivity contribution in [3.63, 3.8) is 0 Å². The molecule has 0 saturated heterocycles. The number of rotatable bonds is 3. The summed E-state index contributed by atoms with van der Waals surface area (Å²) >= 11 is 5.88. The molecule has 2 aromatic rings. The maximum Gasteiger partial charge on any atom is 0.223 e. The number of ketones is 1. The van der Waals surface area contributed by atoms with Gasteiger partial charge in [-0.05, 0) is 25.8 Å². The quantitative estimate of drug-likeness (QED) is 0.630. The van der Waals surface area contributed by atoms with Gasteiger partial charge in [-0.25, -0.2) is 9.97 Å². The zero-order chi connectivity index (χ0) is 12.7. The van der Waals surface area contributed by atoms with E-state index in [2.05, 4.69) is 9.97 Å². The number of ether oxygens (including phenoxy) is 1. The number of fused-ring (bicyclic) bond motifs is 1. The van der Waals surface area contributed by atoms with Gasteiger partial charge >= 0.3 is 0 Å². The van der Waals surface area contributed by atoms with Crippen LogP contribution in [-0.2, 0) is 0 Å². The number of carbonyl (C=O) groups excluding carboxylic acids is 1. The van der Waals surface area contributed by atoms with Crippen molar-refractivity contribution in [3.05, 3.63) is 29.2 Å². The number of Topliss-reactive ketones (excluding diaryl/α,β-unsaturated/α-hetero) is 1. The van der Waals surface area contributed by atoms with Crippen molar-refractivity contribution in [1.29, 1.82) is 0 Å². The second kappa shape index (κ2) is 4.21. The number of pyridine rings is 2. The molecule has 1 fully saturated rings. The van der Waals surface area contributed by atoms with Gasteiger partial charge in [-0.1, -0.05) is 11.6 Å². The number of halogens is 1. The number of nitrogens with zero attached hydrogens (tertiary/aromatic N) is 2. The van der Waals surface area contributed by atoms with Crippen molar-refractivity contribution in [1.82, 2.24) is 9.97 Å². The zero-order valence-corrected chi connectivity index (χ0v) is 10.6. The Balaban J connectivity index is 2.21. The Morgan fingerprint density at radius 2 is 2.11 bits per heavy atom. The van der Waals surface area contributed by atoms with Crippen LogP contribution in [0.1, 0.15) is 30.1 Å². The molecular weight excluding hydrogens is 252 g/mol. The van der Waals surface area contributed by atoms with Crippen molar-refractivity contribution in [3.8, 4) is 5.88 Å². The lowest BCUT2D eigenvalue weighted by atomic mass is 10.1. The predicted octanol–water partition coefficient (Wildman–Crippen LogP) is 3.03. The normalized spacial score (nSPS) is 14.8. The number of hydrogen-bond donors (Lipinski definition) is 0. The van der Waals surface area contributed by atoms with Crippen molar-refractivity contribution < 1.29 is 9.53 Å². The second-order valence-electron chi connectivity index (χ2n) is 4.40. The molecule has 1 aliphatic rings. The van der Waals surface area contributed by atoms with Gasteiger partial charge in [0.05, 0.1) is 5.39 Å². The molecule has 0 radical (unpaired) electrons. The van der Waals surface area contributed by atoms with Crippen LogP contribution in [0.4, 0.5) is 0 Å². The third-order valence-corrected chi connectivity index (χ3v) is 3.09. The van der Waals surface area contributed by atoms with E-state index in [0.29, 0.717) is 16.6 Å². The van der Waals surface area contributed by atoms with Gasteiger partial charge in [-0.2, -0.15) is 0 Å². The Morgan fingerprint density at radius 3 is 2.78 bits per heavy atom. The molecule has 1 aliphatic carbocycles. The lowest BCUT2D eigenvalue weighted by molar-refractivity contribution is 0.101. The maximum absolute atomic E-state index is 11.6. The number of carbonyl (C=O) groups is 1. The van der Waals surface area contributed by atoms with Crippen LogP contribution >= 0.6 is 11.6 Å².